The number of halogens is 3. The Labute approximate surface area is 129 Å². The smallest absolute Gasteiger partial charge is 0.128 e. The molecular formula is C14H15BrF2N2S. The van der Waals surface area contributed by atoms with Gasteiger partial charge in [0.25, 0.3) is 0 Å². The summed E-state index contributed by atoms with van der Waals surface area (Å²) in [7, 11) is 0. The molecule has 1 aromatic rings. The third-order valence-corrected chi connectivity index (χ3v) is 6.37. The Morgan fingerprint density at radius 2 is 2.15 bits per heavy atom. The summed E-state index contributed by atoms with van der Waals surface area (Å²) in [5, 5.41) is 0. The second kappa shape index (κ2) is 4.70. The lowest BCUT2D eigenvalue weighted by Crippen LogP contribution is -2.56. The van der Waals surface area contributed by atoms with Crippen LogP contribution in [0.25, 0.3) is 0 Å². The fourth-order valence-corrected chi connectivity index (χ4v) is 4.71. The van der Waals surface area contributed by atoms with E-state index in [1.165, 1.54) is 6.07 Å². The summed E-state index contributed by atoms with van der Waals surface area (Å²) in [6.45, 7) is 1.87. The summed E-state index contributed by atoms with van der Waals surface area (Å²) >= 11 is 4.96. The van der Waals surface area contributed by atoms with Gasteiger partial charge in [-0.25, -0.2) is 8.78 Å². The van der Waals surface area contributed by atoms with E-state index in [4.69, 9.17) is 5.73 Å². The van der Waals surface area contributed by atoms with Gasteiger partial charge in [0.1, 0.15) is 17.8 Å². The van der Waals surface area contributed by atoms with E-state index in [0.29, 0.717) is 30.0 Å². The minimum atomic E-state index is -0.789. The molecule has 20 heavy (non-hydrogen) atoms. The molecule has 1 aliphatic carbocycles. The van der Waals surface area contributed by atoms with Crippen molar-refractivity contribution in [2.45, 2.75) is 36.2 Å². The van der Waals surface area contributed by atoms with Gasteiger partial charge in [-0.1, -0.05) is 15.9 Å². The molecular weight excluding hydrogens is 346 g/mol. The van der Waals surface area contributed by atoms with Crippen LogP contribution in [-0.4, -0.2) is 22.5 Å². The summed E-state index contributed by atoms with van der Waals surface area (Å²) in [6, 6.07) is 4.82. The van der Waals surface area contributed by atoms with Crippen molar-refractivity contribution in [3.05, 3.63) is 34.1 Å². The number of rotatable bonds is 1. The maximum Gasteiger partial charge on any atom is 0.128 e. The number of benzene rings is 1. The summed E-state index contributed by atoms with van der Waals surface area (Å²) < 4.78 is 27.7. The molecule has 1 fully saturated rings. The van der Waals surface area contributed by atoms with Gasteiger partial charge in [-0.3, -0.25) is 4.99 Å². The lowest BCUT2D eigenvalue weighted by Gasteiger charge is -2.48. The van der Waals surface area contributed by atoms with Crippen LogP contribution in [0, 0.1) is 5.82 Å². The molecule has 2 nitrogen and oxygen atoms in total. The number of hydrogen-bond acceptors (Lipinski definition) is 3. The van der Waals surface area contributed by atoms with Crippen LogP contribution in [0.5, 0.6) is 0 Å². The highest BCUT2D eigenvalue weighted by atomic mass is 79.9. The first-order valence-corrected chi connectivity index (χ1v) is 8.22. The van der Waals surface area contributed by atoms with Gasteiger partial charge in [0.05, 0.1) is 10.3 Å². The van der Waals surface area contributed by atoms with Gasteiger partial charge in [-0.15, -0.1) is 11.8 Å². The second-order valence-corrected chi connectivity index (χ2v) is 7.96. The molecule has 3 rings (SSSR count). The highest BCUT2D eigenvalue weighted by Gasteiger charge is 2.52. The number of alkyl halides is 1. The zero-order valence-corrected chi connectivity index (χ0v) is 13.4. The van der Waals surface area contributed by atoms with Gasteiger partial charge in [-0.05, 0) is 25.1 Å². The zero-order chi connectivity index (χ0) is 14.5. The quantitative estimate of drug-likeness (QED) is 0.827. The molecule has 108 valence electrons. The molecule has 2 N–H and O–H groups in total. The number of thioether (sulfide) groups is 1. The molecule has 0 bridgehead atoms. The van der Waals surface area contributed by atoms with E-state index in [0.717, 1.165) is 4.47 Å². The zero-order valence-electron chi connectivity index (χ0n) is 11.0. The predicted octanol–water partition coefficient (Wildman–Crippen LogP) is 3.78. The highest BCUT2D eigenvalue weighted by molar-refractivity contribution is 9.10. The first kappa shape index (κ1) is 14.3. The Morgan fingerprint density at radius 3 is 2.75 bits per heavy atom. The summed E-state index contributed by atoms with van der Waals surface area (Å²) in [5.74, 6) is 0.763. The minimum absolute atomic E-state index is 0.291. The van der Waals surface area contributed by atoms with Gasteiger partial charge < -0.3 is 5.73 Å². The molecule has 1 spiro atoms. The molecule has 1 unspecified atom stereocenters. The third kappa shape index (κ3) is 2.17. The Balaban J connectivity index is 1.98. The van der Waals surface area contributed by atoms with Gasteiger partial charge in [0.15, 0.2) is 0 Å². The van der Waals surface area contributed by atoms with Crippen LogP contribution in [0.4, 0.5) is 8.78 Å². The molecule has 1 saturated carbocycles. The molecule has 1 aromatic carbocycles. The second-order valence-electron chi connectivity index (χ2n) is 5.68. The maximum absolute atomic E-state index is 14.1. The number of aliphatic imine (C=N–C) groups is 1. The van der Waals surface area contributed by atoms with Crippen LogP contribution < -0.4 is 5.73 Å². The largest absolute Gasteiger partial charge is 0.386 e. The van der Waals surface area contributed by atoms with Crippen molar-refractivity contribution in [3.8, 4) is 0 Å². The van der Waals surface area contributed by atoms with E-state index in [2.05, 4.69) is 20.9 Å². The van der Waals surface area contributed by atoms with E-state index >= 15 is 0 Å². The van der Waals surface area contributed by atoms with Crippen LogP contribution >= 0.6 is 27.7 Å². The molecule has 1 aliphatic heterocycles. The van der Waals surface area contributed by atoms with Crippen LogP contribution in [0.1, 0.15) is 25.3 Å². The Morgan fingerprint density at radius 1 is 1.45 bits per heavy atom. The van der Waals surface area contributed by atoms with E-state index < -0.39 is 11.7 Å². The van der Waals surface area contributed by atoms with Crippen LogP contribution in [0.2, 0.25) is 0 Å². The third-order valence-electron chi connectivity index (χ3n) is 4.07. The fourth-order valence-electron chi connectivity index (χ4n) is 2.78. The SMILES string of the molecule is CC1(c2cc(Br)ccc2F)CSC2(CC(F)C2)C(N)=N1. The molecule has 1 heterocycles. The Kier molecular flexibility index (Phi) is 3.36. The van der Waals surface area contributed by atoms with Crippen molar-refractivity contribution in [1.82, 2.24) is 0 Å². The fraction of sp³-hybridized carbons (Fsp3) is 0.500. The first-order valence-electron chi connectivity index (χ1n) is 6.44. The van der Waals surface area contributed by atoms with Gasteiger partial charge in [0, 0.05) is 28.6 Å². The van der Waals surface area contributed by atoms with Crippen molar-refractivity contribution in [3.63, 3.8) is 0 Å². The number of amidine groups is 1. The average Bonchev–Trinajstić information content (AvgIpc) is 2.35. The van der Waals surface area contributed by atoms with Crippen LogP contribution in [0.3, 0.4) is 0 Å². The van der Waals surface area contributed by atoms with E-state index in [1.807, 2.05) is 6.92 Å². The van der Waals surface area contributed by atoms with Crippen molar-refractivity contribution in [1.29, 1.82) is 0 Å². The van der Waals surface area contributed by atoms with E-state index in [9.17, 15) is 8.78 Å². The van der Waals surface area contributed by atoms with Crippen molar-refractivity contribution < 1.29 is 8.78 Å². The van der Waals surface area contributed by atoms with E-state index in [1.54, 1.807) is 23.9 Å². The van der Waals surface area contributed by atoms with Gasteiger partial charge in [0.2, 0.25) is 0 Å². The normalized spacial score (nSPS) is 36.6. The van der Waals surface area contributed by atoms with E-state index in [-0.39, 0.29) is 10.6 Å². The molecule has 0 amide bonds. The first-order chi connectivity index (χ1) is 9.35. The summed E-state index contributed by atoms with van der Waals surface area (Å²) in [4.78, 5) is 4.54. The lowest BCUT2D eigenvalue weighted by molar-refractivity contribution is 0.190. The Hall–Kier alpha value is -0.620. The lowest BCUT2D eigenvalue weighted by atomic mass is 9.80. The molecule has 0 saturated heterocycles. The maximum atomic E-state index is 14.1. The van der Waals surface area contributed by atoms with Gasteiger partial charge >= 0.3 is 0 Å². The number of hydrogen-bond donors (Lipinski definition) is 1. The summed E-state index contributed by atoms with van der Waals surface area (Å²) in [6.07, 6.45) is 0.0527. The average molecular weight is 361 g/mol. The van der Waals surface area contributed by atoms with Crippen molar-refractivity contribution >= 4 is 33.5 Å². The molecule has 0 radical (unpaired) electrons. The standard InChI is InChI=1S/C14H15BrF2N2S/c1-13(10-4-8(15)2-3-11(10)17)7-20-14(12(18)19-13)5-9(16)6-14/h2-4,9H,5-7H2,1H3,(H2,18,19). The minimum Gasteiger partial charge on any atom is -0.386 e. The Bertz CT molecular complexity index is 587. The molecule has 1 atom stereocenters. The summed E-state index contributed by atoms with van der Waals surface area (Å²) in [5.41, 5.74) is 5.89. The molecule has 0 aromatic heterocycles. The molecule has 6 heteroatoms. The number of nitrogens with two attached hydrogens (primary N) is 1. The van der Waals surface area contributed by atoms with Crippen molar-refractivity contribution in [2.24, 2.45) is 10.7 Å². The predicted molar refractivity (Wildman–Crippen MR) is 82.4 cm³/mol. The van der Waals surface area contributed by atoms with Crippen LogP contribution in [0.15, 0.2) is 27.7 Å². The topological polar surface area (TPSA) is 38.4 Å². The monoisotopic (exact) mass is 360 g/mol. The highest BCUT2D eigenvalue weighted by Crippen LogP contribution is 2.52. The molecule has 2 aliphatic rings. The van der Waals surface area contributed by atoms with Crippen molar-refractivity contribution in [2.75, 3.05) is 5.75 Å². The van der Waals surface area contributed by atoms with Crippen LogP contribution in [-0.2, 0) is 5.54 Å². The number of nitrogens with zero attached hydrogens (tertiary/aromatic N) is 1. The van der Waals surface area contributed by atoms with Gasteiger partial charge in [-0.2, -0.15) is 0 Å².